The van der Waals surface area contributed by atoms with E-state index in [1.54, 1.807) is 6.92 Å². The van der Waals surface area contributed by atoms with Gasteiger partial charge in [0.2, 0.25) is 11.8 Å². The van der Waals surface area contributed by atoms with E-state index in [-0.39, 0.29) is 23.6 Å². The first kappa shape index (κ1) is 14.1. The Morgan fingerprint density at radius 3 is 2.11 bits per heavy atom. The Kier molecular flexibility index (Phi) is 4.41. The van der Waals surface area contributed by atoms with E-state index in [9.17, 15) is 10.1 Å². The Labute approximate surface area is 106 Å². The molecule has 0 unspecified atom stereocenters. The predicted octanol–water partition coefficient (Wildman–Crippen LogP) is 2.33. The van der Waals surface area contributed by atoms with E-state index >= 15 is 0 Å². The molecule has 2 N–H and O–H groups in total. The lowest BCUT2D eigenvalue weighted by atomic mass is 10.3. The summed E-state index contributed by atoms with van der Waals surface area (Å²) < 4.78 is 0. The maximum atomic E-state index is 11.0. The lowest BCUT2D eigenvalue weighted by molar-refractivity contribution is -0.385. The fraction of sp³-hybridized carbons (Fsp3) is 0.636. The van der Waals surface area contributed by atoms with Crippen LogP contribution in [0.3, 0.4) is 0 Å². The summed E-state index contributed by atoms with van der Waals surface area (Å²) in [5.41, 5.74) is 0.277. The minimum atomic E-state index is -0.459. The smallest absolute Gasteiger partial charge is 0.332 e. The first-order valence-electron chi connectivity index (χ1n) is 5.87. The number of aryl methyl sites for hydroxylation is 1. The molecule has 0 aliphatic heterocycles. The second-order valence-corrected chi connectivity index (χ2v) is 4.69. The van der Waals surface area contributed by atoms with Crippen LogP contribution in [0.1, 0.15) is 33.4 Å². The fourth-order valence-electron chi connectivity index (χ4n) is 1.48. The third kappa shape index (κ3) is 3.54. The van der Waals surface area contributed by atoms with E-state index in [0.29, 0.717) is 11.6 Å². The van der Waals surface area contributed by atoms with Crippen LogP contribution in [0.2, 0.25) is 0 Å². The van der Waals surface area contributed by atoms with Gasteiger partial charge in [-0.25, -0.2) is 4.98 Å². The topological polar surface area (TPSA) is 93.0 Å². The van der Waals surface area contributed by atoms with Gasteiger partial charge in [-0.05, 0) is 34.6 Å². The Morgan fingerprint density at radius 1 is 1.11 bits per heavy atom. The molecule has 0 fully saturated rings. The van der Waals surface area contributed by atoms with E-state index in [2.05, 4.69) is 20.6 Å². The standard InChI is InChI=1S/C11H19N5O2/c1-6(2)12-10-9(16(17)18)8(5)14-11(15-10)13-7(3)4/h6-7H,1-5H3,(H2,12,13,14,15). The summed E-state index contributed by atoms with van der Waals surface area (Å²) in [6.07, 6.45) is 0. The van der Waals surface area contributed by atoms with Crippen molar-refractivity contribution in [3.05, 3.63) is 15.8 Å². The van der Waals surface area contributed by atoms with Gasteiger partial charge in [-0.1, -0.05) is 0 Å². The molecule has 100 valence electrons. The summed E-state index contributed by atoms with van der Waals surface area (Å²) in [6, 6.07) is 0.225. The van der Waals surface area contributed by atoms with E-state index in [1.807, 2.05) is 27.7 Å². The molecule has 0 radical (unpaired) electrons. The number of hydrogen-bond acceptors (Lipinski definition) is 6. The number of nitrogens with zero attached hydrogens (tertiary/aromatic N) is 3. The molecule has 7 nitrogen and oxygen atoms in total. The zero-order valence-electron chi connectivity index (χ0n) is 11.3. The van der Waals surface area contributed by atoms with Crippen LogP contribution in [0.25, 0.3) is 0 Å². The largest absolute Gasteiger partial charge is 0.362 e. The van der Waals surface area contributed by atoms with Gasteiger partial charge in [-0.3, -0.25) is 10.1 Å². The molecule has 18 heavy (non-hydrogen) atoms. The zero-order valence-corrected chi connectivity index (χ0v) is 11.3. The highest BCUT2D eigenvalue weighted by Crippen LogP contribution is 2.27. The Morgan fingerprint density at radius 2 is 1.67 bits per heavy atom. The minimum Gasteiger partial charge on any atom is -0.362 e. The van der Waals surface area contributed by atoms with Gasteiger partial charge in [0, 0.05) is 12.1 Å². The SMILES string of the molecule is Cc1nc(NC(C)C)nc(NC(C)C)c1[N+](=O)[O-]. The highest BCUT2D eigenvalue weighted by atomic mass is 16.6. The van der Waals surface area contributed by atoms with E-state index < -0.39 is 4.92 Å². The van der Waals surface area contributed by atoms with Crippen molar-refractivity contribution < 1.29 is 4.92 Å². The second-order valence-electron chi connectivity index (χ2n) is 4.69. The molecule has 0 aliphatic carbocycles. The molecule has 0 saturated carbocycles. The summed E-state index contributed by atoms with van der Waals surface area (Å²) in [6.45, 7) is 9.32. The average molecular weight is 253 g/mol. The normalized spacial score (nSPS) is 10.8. The molecular weight excluding hydrogens is 234 g/mol. The van der Waals surface area contributed by atoms with Crippen LogP contribution in [-0.4, -0.2) is 27.0 Å². The fourth-order valence-corrected chi connectivity index (χ4v) is 1.48. The summed E-state index contributed by atoms with van der Waals surface area (Å²) >= 11 is 0. The van der Waals surface area contributed by atoms with Crippen LogP contribution in [0.4, 0.5) is 17.5 Å². The van der Waals surface area contributed by atoms with Gasteiger partial charge in [0.25, 0.3) is 0 Å². The van der Waals surface area contributed by atoms with Crippen molar-refractivity contribution in [3.8, 4) is 0 Å². The van der Waals surface area contributed by atoms with Crippen molar-refractivity contribution in [1.29, 1.82) is 0 Å². The van der Waals surface area contributed by atoms with Gasteiger partial charge in [-0.2, -0.15) is 4.98 Å². The molecule has 1 aromatic rings. The van der Waals surface area contributed by atoms with Gasteiger partial charge >= 0.3 is 5.69 Å². The summed E-state index contributed by atoms with van der Waals surface area (Å²) in [4.78, 5) is 18.8. The summed E-state index contributed by atoms with van der Waals surface area (Å²) in [5, 5.41) is 17.0. The second kappa shape index (κ2) is 5.61. The van der Waals surface area contributed by atoms with Crippen molar-refractivity contribution in [2.45, 2.75) is 46.7 Å². The van der Waals surface area contributed by atoms with Crippen LogP contribution in [0.5, 0.6) is 0 Å². The predicted molar refractivity (Wildman–Crippen MR) is 70.9 cm³/mol. The average Bonchev–Trinajstić information content (AvgIpc) is 2.12. The number of nitro groups is 1. The Bertz CT molecular complexity index is 445. The monoisotopic (exact) mass is 253 g/mol. The molecule has 1 rings (SSSR count). The zero-order chi connectivity index (χ0) is 13.9. The van der Waals surface area contributed by atoms with Gasteiger partial charge in [0.05, 0.1) is 4.92 Å². The van der Waals surface area contributed by atoms with Crippen molar-refractivity contribution in [3.63, 3.8) is 0 Å². The maximum absolute atomic E-state index is 11.0. The van der Waals surface area contributed by atoms with Crippen LogP contribution in [0.15, 0.2) is 0 Å². The molecule has 0 saturated heterocycles. The number of hydrogen-bond donors (Lipinski definition) is 2. The first-order valence-corrected chi connectivity index (χ1v) is 5.87. The molecule has 0 aromatic carbocycles. The molecule has 7 heteroatoms. The van der Waals surface area contributed by atoms with Gasteiger partial charge in [0.1, 0.15) is 5.69 Å². The number of anilines is 2. The molecule has 1 heterocycles. The minimum absolute atomic E-state index is 0.0601. The van der Waals surface area contributed by atoms with Crippen LogP contribution in [0, 0.1) is 17.0 Å². The Hall–Kier alpha value is -1.92. The third-order valence-electron chi connectivity index (χ3n) is 2.08. The summed E-state index contributed by atoms with van der Waals surface area (Å²) in [5.74, 6) is 0.655. The molecule has 0 aliphatic rings. The highest BCUT2D eigenvalue weighted by molar-refractivity contribution is 5.61. The van der Waals surface area contributed by atoms with Crippen molar-refractivity contribution >= 4 is 17.5 Å². The lowest BCUT2D eigenvalue weighted by Gasteiger charge is -2.13. The van der Waals surface area contributed by atoms with E-state index in [1.165, 1.54) is 0 Å². The molecule has 1 aromatic heterocycles. The van der Waals surface area contributed by atoms with Gasteiger partial charge in [0.15, 0.2) is 0 Å². The molecule has 0 bridgehead atoms. The van der Waals surface area contributed by atoms with Crippen LogP contribution < -0.4 is 10.6 Å². The van der Waals surface area contributed by atoms with Crippen molar-refractivity contribution in [1.82, 2.24) is 9.97 Å². The summed E-state index contributed by atoms with van der Waals surface area (Å²) in [7, 11) is 0. The number of rotatable bonds is 5. The van der Waals surface area contributed by atoms with Crippen molar-refractivity contribution in [2.75, 3.05) is 10.6 Å². The van der Waals surface area contributed by atoms with E-state index in [4.69, 9.17) is 0 Å². The quantitative estimate of drug-likeness (QED) is 0.618. The van der Waals surface area contributed by atoms with Crippen molar-refractivity contribution in [2.24, 2.45) is 0 Å². The van der Waals surface area contributed by atoms with Crippen LogP contribution >= 0.6 is 0 Å². The number of nitrogens with one attached hydrogen (secondary N) is 2. The first-order chi connectivity index (χ1) is 8.31. The van der Waals surface area contributed by atoms with Gasteiger partial charge < -0.3 is 10.6 Å². The lowest BCUT2D eigenvalue weighted by Crippen LogP contribution is -2.18. The highest BCUT2D eigenvalue weighted by Gasteiger charge is 2.22. The molecule has 0 atom stereocenters. The van der Waals surface area contributed by atoms with Gasteiger partial charge in [-0.15, -0.1) is 0 Å². The van der Waals surface area contributed by atoms with Crippen LogP contribution in [-0.2, 0) is 0 Å². The third-order valence-corrected chi connectivity index (χ3v) is 2.08. The maximum Gasteiger partial charge on any atom is 0.332 e. The molecular formula is C11H19N5O2. The Balaban J connectivity index is 3.23. The van der Waals surface area contributed by atoms with E-state index in [0.717, 1.165) is 0 Å². The molecule has 0 amide bonds. The molecule has 0 spiro atoms. The number of aromatic nitrogens is 2.